The first kappa shape index (κ1) is 15.4. The lowest BCUT2D eigenvalue weighted by molar-refractivity contribution is -0.141. The molecule has 1 aromatic carbocycles. The fourth-order valence-electron chi connectivity index (χ4n) is 2.77. The third-order valence-corrected chi connectivity index (χ3v) is 3.90. The Morgan fingerprint density at radius 1 is 1.29 bits per heavy atom. The molecule has 0 heterocycles. The van der Waals surface area contributed by atoms with Crippen molar-refractivity contribution in [3.63, 3.8) is 0 Å². The van der Waals surface area contributed by atoms with E-state index < -0.39 is 5.97 Å². The van der Waals surface area contributed by atoms with E-state index in [0.717, 1.165) is 16.9 Å². The first-order valence-corrected chi connectivity index (χ1v) is 7.18. The van der Waals surface area contributed by atoms with Gasteiger partial charge in [0.2, 0.25) is 0 Å². The van der Waals surface area contributed by atoms with Crippen molar-refractivity contribution in [1.29, 1.82) is 0 Å². The molecule has 1 aromatic rings. The standard InChI is InChI=1S/C16H21NO4/c1-10-4-3-5-11(2)15(10)21-9-14(18)17-13-7-6-12(8-13)16(19)20/h3-5,12-13H,6-9H2,1-2H3,(H,17,18)(H,19,20)/t12-,13+/m0/s1. The highest BCUT2D eigenvalue weighted by Gasteiger charge is 2.30. The van der Waals surface area contributed by atoms with Gasteiger partial charge in [-0.3, -0.25) is 9.59 Å². The highest BCUT2D eigenvalue weighted by atomic mass is 16.5. The summed E-state index contributed by atoms with van der Waals surface area (Å²) >= 11 is 0. The summed E-state index contributed by atoms with van der Waals surface area (Å²) in [4.78, 5) is 22.8. The van der Waals surface area contributed by atoms with E-state index in [2.05, 4.69) is 5.32 Å². The van der Waals surface area contributed by atoms with E-state index in [1.165, 1.54) is 0 Å². The molecule has 1 aliphatic carbocycles. The lowest BCUT2D eigenvalue weighted by Gasteiger charge is -2.15. The van der Waals surface area contributed by atoms with Crippen molar-refractivity contribution < 1.29 is 19.4 Å². The van der Waals surface area contributed by atoms with Gasteiger partial charge in [0.05, 0.1) is 5.92 Å². The Kier molecular flexibility index (Phi) is 4.83. The van der Waals surface area contributed by atoms with Gasteiger partial charge in [0.1, 0.15) is 5.75 Å². The molecule has 5 nitrogen and oxygen atoms in total. The molecular weight excluding hydrogens is 270 g/mol. The smallest absolute Gasteiger partial charge is 0.306 e. The molecule has 2 rings (SSSR count). The quantitative estimate of drug-likeness (QED) is 0.870. The summed E-state index contributed by atoms with van der Waals surface area (Å²) in [7, 11) is 0. The molecular formula is C16H21NO4. The van der Waals surface area contributed by atoms with Crippen LogP contribution in [0.25, 0.3) is 0 Å². The third-order valence-electron chi connectivity index (χ3n) is 3.90. The summed E-state index contributed by atoms with van der Waals surface area (Å²) < 4.78 is 5.59. The second-order valence-corrected chi connectivity index (χ2v) is 5.62. The lowest BCUT2D eigenvalue weighted by atomic mass is 10.1. The Morgan fingerprint density at radius 3 is 2.52 bits per heavy atom. The van der Waals surface area contributed by atoms with Crippen molar-refractivity contribution in [2.45, 2.75) is 39.2 Å². The summed E-state index contributed by atoms with van der Waals surface area (Å²) in [6, 6.07) is 5.77. The predicted molar refractivity (Wildman–Crippen MR) is 78.3 cm³/mol. The van der Waals surface area contributed by atoms with Crippen LogP contribution >= 0.6 is 0 Å². The number of nitrogens with one attached hydrogen (secondary N) is 1. The van der Waals surface area contributed by atoms with Gasteiger partial charge >= 0.3 is 5.97 Å². The maximum absolute atomic E-state index is 11.9. The molecule has 2 N–H and O–H groups in total. The fourth-order valence-corrected chi connectivity index (χ4v) is 2.77. The normalized spacial score (nSPS) is 21.0. The van der Waals surface area contributed by atoms with Gasteiger partial charge in [-0.15, -0.1) is 0 Å². The molecule has 1 amide bonds. The highest BCUT2D eigenvalue weighted by Crippen LogP contribution is 2.26. The number of rotatable bonds is 5. The monoisotopic (exact) mass is 291 g/mol. The molecule has 0 unspecified atom stereocenters. The van der Waals surface area contributed by atoms with Crippen LogP contribution in [-0.2, 0) is 9.59 Å². The second kappa shape index (κ2) is 6.61. The summed E-state index contributed by atoms with van der Waals surface area (Å²) in [6.45, 7) is 3.84. The maximum Gasteiger partial charge on any atom is 0.306 e. The molecule has 1 saturated carbocycles. The van der Waals surface area contributed by atoms with Crippen LogP contribution in [0.1, 0.15) is 30.4 Å². The van der Waals surface area contributed by atoms with Crippen LogP contribution < -0.4 is 10.1 Å². The number of hydrogen-bond acceptors (Lipinski definition) is 3. The minimum Gasteiger partial charge on any atom is -0.483 e. The number of para-hydroxylation sites is 1. The first-order chi connectivity index (χ1) is 9.97. The predicted octanol–water partition coefficient (Wildman–Crippen LogP) is 2.05. The third kappa shape index (κ3) is 3.97. The van der Waals surface area contributed by atoms with Gasteiger partial charge < -0.3 is 15.2 Å². The molecule has 0 saturated heterocycles. The van der Waals surface area contributed by atoms with Crippen LogP contribution in [0.3, 0.4) is 0 Å². The molecule has 5 heteroatoms. The average molecular weight is 291 g/mol. The van der Waals surface area contributed by atoms with E-state index >= 15 is 0 Å². The number of carbonyl (C=O) groups excluding carboxylic acids is 1. The lowest BCUT2D eigenvalue weighted by Crippen LogP contribution is -2.36. The van der Waals surface area contributed by atoms with Crippen LogP contribution in [-0.4, -0.2) is 29.6 Å². The molecule has 0 aliphatic heterocycles. The molecule has 0 aromatic heterocycles. The zero-order chi connectivity index (χ0) is 15.4. The average Bonchev–Trinajstić information content (AvgIpc) is 2.87. The number of ether oxygens (including phenoxy) is 1. The minimum atomic E-state index is -0.779. The number of amides is 1. The Labute approximate surface area is 124 Å². The number of aryl methyl sites for hydroxylation is 2. The van der Waals surface area contributed by atoms with Gasteiger partial charge in [-0.2, -0.15) is 0 Å². The summed E-state index contributed by atoms with van der Waals surface area (Å²) in [5.74, 6) is -0.579. The molecule has 1 fully saturated rings. The van der Waals surface area contributed by atoms with E-state index in [1.54, 1.807) is 0 Å². The molecule has 2 atom stereocenters. The van der Waals surface area contributed by atoms with Crippen molar-refractivity contribution in [1.82, 2.24) is 5.32 Å². The van der Waals surface area contributed by atoms with Crippen molar-refractivity contribution in [2.75, 3.05) is 6.61 Å². The minimum absolute atomic E-state index is 0.0417. The van der Waals surface area contributed by atoms with Gasteiger partial charge in [-0.05, 0) is 44.2 Å². The Balaban J connectivity index is 1.82. The highest BCUT2D eigenvalue weighted by molar-refractivity contribution is 5.78. The van der Waals surface area contributed by atoms with Crippen molar-refractivity contribution in [3.8, 4) is 5.75 Å². The number of benzene rings is 1. The number of carbonyl (C=O) groups is 2. The zero-order valence-corrected chi connectivity index (χ0v) is 12.4. The SMILES string of the molecule is Cc1cccc(C)c1OCC(=O)N[C@@H]1CC[C@H](C(=O)O)C1. The van der Waals surface area contributed by atoms with Crippen LogP contribution in [0.2, 0.25) is 0 Å². The molecule has 1 aliphatic rings. The molecule has 0 bridgehead atoms. The summed E-state index contributed by atoms with van der Waals surface area (Å²) in [5, 5.41) is 11.8. The number of carboxylic acid groups (broad SMARTS) is 1. The molecule has 21 heavy (non-hydrogen) atoms. The van der Waals surface area contributed by atoms with E-state index in [1.807, 2.05) is 32.0 Å². The number of hydrogen-bond donors (Lipinski definition) is 2. The largest absolute Gasteiger partial charge is 0.483 e. The molecule has 114 valence electrons. The van der Waals surface area contributed by atoms with Crippen LogP contribution in [0.15, 0.2) is 18.2 Å². The van der Waals surface area contributed by atoms with E-state index in [9.17, 15) is 9.59 Å². The van der Waals surface area contributed by atoms with Gasteiger partial charge in [-0.1, -0.05) is 18.2 Å². The topological polar surface area (TPSA) is 75.6 Å². The molecule has 0 radical (unpaired) electrons. The van der Waals surface area contributed by atoms with Gasteiger partial charge in [-0.25, -0.2) is 0 Å². The second-order valence-electron chi connectivity index (χ2n) is 5.62. The van der Waals surface area contributed by atoms with Crippen LogP contribution in [0, 0.1) is 19.8 Å². The Morgan fingerprint density at radius 2 is 1.95 bits per heavy atom. The van der Waals surface area contributed by atoms with Gasteiger partial charge in [0.25, 0.3) is 5.91 Å². The molecule has 0 spiro atoms. The summed E-state index contributed by atoms with van der Waals surface area (Å²) in [6.07, 6.45) is 1.84. The first-order valence-electron chi connectivity index (χ1n) is 7.18. The van der Waals surface area contributed by atoms with E-state index in [-0.39, 0.29) is 24.5 Å². The van der Waals surface area contributed by atoms with Crippen molar-refractivity contribution >= 4 is 11.9 Å². The van der Waals surface area contributed by atoms with Gasteiger partial charge in [0, 0.05) is 6.04 Å². The van der Waals surface area contributed by atoms with Crippen LogP contribution in [0.5, 0.6) is 5.75 Å². The Bertz CT molecular complexity index is 521. The number of aliphatic carboxylic acids is 1. The van der Waals surface area contributed by atoms with Crippen molar-refractivity contribution in [3.05, 3.63) is 29.3 Å². The summed E-state index contributed by atoms with van der Waals surface area (Å²) in [5.41, 5.74) is 1.99. The van der Waals surface area contributed by atoms with Crippen molar-refractivity contribution in [2.24, 2.45) is 5.92 Å². The maximum atomic E-state index is 11.9. The van der Waals surface area contributed by atoms with E-state index in [4.69, 9.17) is 9.84 Å². The zero-order valence-electron chi connectivity index (χ0n) is 12.4. The van der Waals surface area contributed by atoms with Crippen LogP contribution in [0.4, 0.5) is 0 Å². The van der Waals surface area contributed by atoms with Gasteiger partial charge in [0.15, 0.2) is 6.61 Å². The van der Waals surface area contributed by atoms with E-state index in [0.29, 0.717) is 19.3 Å². The Hall–Kier alpha value is -2.04. The number of carboxylic acids is 1. The fraction of sp³-hybridized carbons (Fsp3) is 0.500.